The first-order valence-electron chi connectivity index (χ1n) is 7.04. The summed E-state index contributed by atoms with van der Waals surface area (Å²) in [6.07, 6.45) is 4.59. The van der Waals surface area contributed by atoms with Crippen LogP contribution in [0.3, 0.4) is 0 Å². The topological polar surface area (TPSA) is 81.3 Å². The molecule has 2 atom stereocenters. The number of rotatable bonds is 4. The van der Waals surface area contributed by atoms with Crippen LogP contribution in [0.2, 0.25) is 0 Å². The van der Waals surface area contributed by atoms with Gasteiger partial charge in [-0.25, -0.2) is 0 Å². The number of hydrogen-bond donors (Lipinski definition) is 1. The third kappa shape index (κ3) is 3.45. The molecule has 0 spiro atoms. The van der Waals surface area contributed by atoms with Gasteiger partial charge in [-0.05, 0) is 31.9 Å². The lowest BCUT2D eigenvalue weighted by atomic mass is 9.86. The third-order valence-electron chi connectivity index (χ3n) is 3.68. The molecule has 1 heterocycles. The summed E-state index contributed by atoms with van der Waals surface area (Å²) in [5.41, 5.74) is 6.10. The summed E-state index contributed by atoms with van der Waals surface area (Å²) < 4.78 is 5.88. The molecule has 0 radical (unpaired) electrons. The first-order chi connectivity index (χ1) is 9.61. The van der Waals surface area contributed by atoms with Gasteiger partial charge in [0.25, 0.3) is 5.91 Å². The summed E-state index contributed by atoms with van der Waals surface area (Å²) in [6.45, 7) is 0.634. The number of carbonyl (C=O) groups excluding carboxylic acids is 1. The molecule has 1 aromatic heterocycles. The zero-order chi connectivity index (χ0) is 14.5. The second kappa shape index (κ2) is 6.65. The number of nitrogens with zero attached hydrogens (tertiary/aromatic N) is 3. The summed E-state index contributed by atoms with van der Waals surface area (Å²) >= 11 is 0. The van der Waals surface area contributed by atoms with Crippen molar-refractivity contribution in [1.29, 1.82) is 0 Å². The van der Waals surface area contributed by atoms with Gasteiger partial charge in [-0.3, -0.25) is 4.79 Å². The molecule has 1 fully saturated rings. The fourth-order valence-corrected chi connectivity index (χ4v) is 2.48. The Kier molecular flexibility index (Phi) is 4.89. The molecule has 1 aromatic rings. The smallest absolute Gasteiger partial charge is 0.273 e. The van der Waals surface area contributed by atoms with Gasteiger partial charge >= 0.3 is 0 Å². The van der Waals surface area contributed by atoms with E-state index in [-0.39, 0.29) is 12.0 Å². The van der Waals surface area contributed by atoms with Gasteiger partial charge in [0.15, 0.2) is 5.69 Å². The molecule has 0 aliphatic heterocycles. The summed E-state index contributed by atoms with van der Waals surface area (Å²) in [5.74, 6) is 0.681. The Labute approximate surface area is 119 Å². The highest BCUT2D eigenvalue weighted by Gasteiger charge is 2.26. The number of aromatic nitrogens is 2. The Hall–Kier alpha value is -1.69. The van der Waals surface area contributed by atoms with Gasteiger partial charge in [-0.2, -0.15) is 0 Å². The van der Waals surface area contributed by atoms with Crippen molar-refractivity contribution in [2.45, 2.75) is 31.8 Å². The molecule has 110 valence electrons. The molecule has 6 nitrogen and oxygen atoms in total. The molecule has 1 amide bonds. The quantitative estimate of drug-likeness (QED) is 0.891. The molecule has 0 aromatic carbocycles. The lowest BCUT2D eigenvalue weighted by Gasteiger charge is -2.30. The Morgan fingerprint density at radius 1 is 1.35 bits per heavy atom. The van der Waals surface area contributed by atoms with Gasteiger partial charge in [-0.15, -0.1) is 10.2 Å². The predicted octanol–water partition coefficient (Wildman–Crippen LogP) is 1.07. The van der Waals surface area contributed by atoms with Crippen molar-refractivity contribution in [3.63, 3.8) is 0 Å². The highest BCUT2D eigenvalue weighted by atomic mass is 16.5. The van der Waals surface area contributed by atoms with Crippen LogP contribution in [0.1, 0.15) is 36.2 Å². The number of ether oxygens (including phenoxy) is 1. The fourth-order valence-electron chi connectivity index (χ4n) is 2.48. The average Bonchev–Trinajstić information content (AvgIpc) is 2.48. The molecule has 1 saturated carbocycles. The highest BCUT2D eigenvalue weighted by Crippen LogP contribution is 2.26. The minimum atomic E-state index is -0.165. The van der Waals surface area contributed by atoms with Gasteiger partial charge in [0.05, 0.1) is 0 Å². The zero-order valence-corrected chi connectivity index (χ0v) is 12.1. The molecule has 1 aliphatic rings. The normalized spacial score (nSPS) is 22.4. The largest absolute Gasteiger partial charge is 0.473 e. The van der Waals surface area contributed by atoms with E-state index in [1.54, 1.807) is 26.2 Å². The first kappa shape index (κ1) is 14.7. The van der Waals surface area contributed by atoms with E-state index in [1.807, 2.05) is 0 Å². The maximum absolute atomic E-state index is 11.7. The van der Waals surface area contributed by atoms with Crippen molar-refractivity contribution >= 4 is 5.91 Å². The van der Waals surface area contributed by atoms with Crippen LogP contribution in [0.15, 0.2) is 12.1 Å². The molecule has 2 rings (SSSR count). The predicted molar refractivity (Wildman–Crippen MR) is 75.5 cm³/mol. The zero-order valence-electron chi connectivity index (χ0n) is 12.1. The molecule has 20 heavy (non-hydrogen) atoms. The molecule has 6 heteroatoms. The van der Waals surface area contributed by atoms with Crippen molar-refractivity contribution in [3.05, 3.63) is 17.8 Å². The molecule has 0 bridgehead atoms. The van der Waals surface area contributed by atoms with Crippen LogP contribution in [0.25, 0.3) is 0 Å². The molecule has 1 aliphatic carbocycles. The van der Waals surface area contributed by atoms with Gasteiger partial charge in [0.2, 0.25) is 5.88 Å². The average molecular weight is 278 g/mol. The number of hydrogen-bond acceptors (Lipinski definition) is 5. The molecular weight excluding hydrogens is 256 g/mol. The van der Waals surface area contributed by atoms with E-state index in [4.69, 9.17) is 10.5 Å². The first-order valence-corrected chi connectivity index (χ1v) is 7.04. The highest BCUT2D eigenvalue weighted by molar-refractivity contribution is 5.91. The van der Waals surface area contributed by atoms with Gasteiger partial charge in [0, 0.05) is 26.1 Å². The van der Waals surface area contributed by atoms with E-state index in [2.05, 4.69) is 10.2 Å². The lowest BCUT2D eigenvalue weighted by Crippen LogP contribution is -2.35. The van der Waals surface area contributed by atoms with E-state index in [9.17, 15) is 4.79 Å². The van der Waals surface area contributed by atoms with Crippen molar-refractivity contribution < 1.29 is 9.53 Å². The van der Waals surface area contributed by atoms with E-state index < -0.39 is 0 Å². The van der Waals surface area contributed by atoms with Crippen LogP contribution >= 0.6 is 0 Å². The lowest BCUT2D eigenvalue weighted by molar-refractivity contribution is 0.0816. The van der Waals surface area contributed by atoms with E-state index in [0.717, 1.165) is 19.3 Å². The maximum Gasteiger partial charge on any atom is 0.273 e. The van der Waals surface area contributed by atoms with Gasteiger partial charge < -0.3 is 15.4 Å². The summed E-state index contributed by atoms with van der Waals surface area (Å²) in [5, 5.41) is 7.90. The number of amides is 1. The van der Waals surface area contributed by atoms with Crippen molar-refractivity contribution in [3.8, 4) is 5.88 Å². The summed E-state index contributed by atoms with van der Waals surface area (Å²) in [6, 6.07) is 3.34. The Morgan fingerprint density at radius 3 is 2.70 bits per heavy atom. The second-order valence-electron chi connectivity index (χ2n) is 5.39. The van der Waals surface area contributed by atoms with Gasteiger partial charge in [0.1, 0.15) is 6.10 Å². The minimum absolute atomic E-state index is 0.110. The Balaban J connectivity index is 2.01. The Bertz CT molecular complexity index is 447. The standard InChI is InChI=1S/C14H22N4O2/c1-18(2)14(19)11-7-8-13(17-16-11)20-12-6-4-3-5-10(12)9-15/h7-8,10,12H,3-6,9,15H2,1-2H3. The fraction of sp³-hybridized carbons (Fsp3) is 0.643. The van der Waals surface area contributed by atoms with Crippen LogP contribution < -0.4 is 10.5 Å². The molecule has 2 unspecified atom stereocenters. The number of nitrogens with two attached hydrogens (primary N) is 1. The monoisotopic (exact) mass is 278 g/mol. The van der Waals surface area contributed by atoms with Crippen molar-refractivity contribution in [1.82, 2.24) is 15.1 Å². The maximum atomic E-state index is 11.7. The van der Waals surface area contributed by atoms with Crippen LogP contribution in [0.5, 0.6) is 5.88 Å². The van der Waals surface area contributed by atoms with Crippen LogP contribution in [0.4, 0.5) is 0 Å². The van der Waals surface area contributed by atoms with Crippen LogP contribution in [-0.2, 0) is 0 Å². The van der Waals surface area contributed by atoms with Crippen molar-refractivity contribution in [2.24, 2.45) is 11.7 Å². The van der Waals surface area contributed by atoms with Gasteiger partial charge in [-0.1, -0.05) is 6.42 Å². The van der Waals surface area contributed by atoms with E-state index >= 15 is 0 Å². The second-order valence-corrected chi connectivity index (χ2v) is 5.39. The SMILES string of the molecule is CN(C)C(=O)c1ccc(OC2CCCCC2CN)nn1. The van der Waals surface area contributed by atoms with Crippen molar-refractivity contribution in [2.75, 3.05) is 20.6 Å². The molecule has 2 N–H and O–H groups in total. The third-order valence-corrected chi connectivity index (χ3v) is 3.68. The number of carbonyl (C=O) groups is 1. The Morgan fingerprint density at radius 2 is 2.10 bits per heavy atom. The van der Waals surface area contributed by atoms with E-state index in [1.165, 1.54) is 11.3 Å². The molecule has 0 saturated heterocycles. The van der Waals surface area contributed by atoms with Crippen LogP contribution in [-0.4, -0.2) is 47.7 Å². The summed E-state index contributed by atoms with van der Waals surface area (Å²) in [4.78, 5) is 13.2. The van der Waals surface area contributed by atoms with Crippen LogP contribution in [0, 0.1) is 5.92 Å². The van der Waals surface area contributed by atoms with E-state index in [0.29, 0.717) is 24.0 Å². The summed E-state index contributed by atoms with van der Waals surface area (Å²) in [7, 11) is 3.37. The molecular formula is C14H22N4O2. The minimum Gasteiger partial charge on any atom is -0.473 e.